The summed E-state index contributed by atoms with van der Waals surface area (Å²) in [5, 5.41) is 10.9. The number of nitrogens with two attached hydrogens (primary N) is 1. The third-order valence-corrected chi connectivity index (χ3v) is 4.50. The molecule has 1 aromatic rings. The van der Waals surface area contributed by atoms with Crippen LogP contribution in [0, 0.1) is 10.1 Å². The second kappa shape index (κ2) is 6.34. The maximum atomic E-state index is 12.0. The van der Waals surface area contributed by atoms with Crippen molar-refractivity contribution in [3.05, 3.63) is 28.3 Å². The minimum Gasteiger partial charge on any atom is -0.393 e. The molecule has 12 heteroatoms. The van der Waals surface area contributed by atoms with Gasteiger partial charge in [0.05, 0.1) is 11.2 Å². The molecule has 0 spiro atoms. The highest BCUT2D eigenvalue weighted by molar-refractivity contribution is 7.89. The molecule has 4 N–H and O–H groups in total. The summed E-state index contributed by atoms with van der Waals surface area (Å²) in [6, 6.07) is 3.52. The molecular formula is C9H14N4O6S2. The number of nitrogens with one attached hydrogen (secondary N) is 2. The van der Waals surface area contributed by atoms with Crippen LogP contribution in [0.5, 0.6) is 0 Å². The van der Waals surface area contributed by atoms with Gasteiger partial charge < -0.3 is 5.73 Å². The fourth-order valence-corrected chi connectivity index (χ4v) is 3.15. The van der Waals surface area contributed by atoms with Gasteiger partial charge in [0.1, 0.15) is 5.69 Å². The molecule has 0 heterocycles. The number of nitro benzene ring substituents is 1. The Hall–Kier alpha value is -1.76. The zero-order valence-electron chi connectivity index (χ0n) is 10.9. The molecule has 0 saturated heterocycles. The molecular weight excluding hydrogens is 324 g/mol. The first-order valence-corrected chi connectivity index (χ1v) is 8.89. The number of nitrogen functional groups attached to an aromatic ring is 1. The standard InChI is InChI=1S/C9H14N4O6S2/c1-20(16,17)11-5-6-12-21(18,19)8-4-2-3-7(10)9(8)13(14)15/h2-4,11-12H,5-6,10H2,1H3. The smallest absolute Gasteiger partial charge is 0.312 e. The van der Waals surface area contributed by atoms with E-state index in [9.17, 15) is 26.9 Å². The Labute approximate surface area is 121 Å². The normalized spacial score (nSPS) is 12.2. The highest BCUT2D eigenvalue weighted by atomic mass is 32.2. The molecule has 0 radical (unpaired) electrons. The van der Waals surface area contributed by atoms with Crippen LogP contribution >= 0.6 is 0 Å². The van der Waals surface area contributed by atoms with Crippen LogP contribution in [0.1, 0.15) is 0 Å². The van der Waals surface area contributed by atoms with Crippen LogP contribution in [-0.2, 0) is 20.0 Å². The van der Waals surface area contributed by atoms with E-state index in [0.29, 0.717) is 0 Å². The molecule has 0 amide bonds. The van der Waals surface area contributed by atoms with E-state index in [2.05, 4.69) is 9.44 Å². The van der Waals surface area contributed by atoms with E-state index in [0.717, 1.165) is 12.3 Å². The van der Waals surface area contributed by atoms with Crippen molar-refractivity contribution < 1.29 is 21.8 Å². The van der Waals surface area contributed by atoms with Crippen LogP contribution in [0.25, 0.3) is 0 Å². The van der Waals surface area contributed by atoms with Crippen molar-refractivity contribution in [3.63, 3.8) is 0 Å². The first kappa shape index (κ1) is 17.3. The number of nitrogens with zero attached hydrogens (tertiary/aromatic N) is 1. The number of sulfonamides is 2. The first-order valence-electron chi connectivity index (χ1n) is 5.52. The van der Waals surface area contributed by atoms with Gasteiger partial charge in [-0.2, -0.15) is 0 Å². The molecule has 0 aliphatic rings. The van der Waals surface area contributed by atoms with Crippen LogP contribution < -0.4 is 15.2 Å². The molecule has 0 atom stereocenters. The second-order valence-corrected chi connectivity index (χ2v) is 7.58. The second-order valence-electron chi connectivity index (χ2n) is 4.02. The number of benzene rings is 1. The minimum absolute atomic E-state index is 0.186. The fourth-order valence-electron chi connectivity index (χ4n) is 1.45. The Balaban J connectivity index is 2.94. The maximum Gasteiger partial charge on any atom is 0.312 e. The fraction of sp³-hybridized carbons (Fsp3) is 0.333. The first-order chi connectivity index (χ1) is 9.54. The number of hydrogen-bond donors (Lipinski definition) is 3. The maximum absolute atomic E-state index is 12.0. The molecule has 0 aromatic heterocycles. The number of para-hydroxylation sites is 1. The lowest BCUT2D eigenvalue weighted by molar-refractivity contribution is -0.386. The molecule has 0 saturated carbocycles. The van der Waals surface area contributed by atoms with Gasteiger partial charge in [0.15, 0.2) is 4.90 Å². The van der Waals surface area contributed by atoms with Crippen molar-refractivity contribution >= 4 is 31.4 Å². The quantitative estimate of drug-likeness (QED) is 0.249. The summed E-state index contributed by atoms with van der Waals surface area (Å²) in [5.41, 5.74) is 4.40. The largest absolute Gasteiger partial charge is 0.393 e. The Kier molecular flexibility index (Phi) is 5.22. The van der Waals surface area contributed by atoms with E-state index < -0.39 is 35.6 Å². The molecule has 10 nitrogen and oxygen atoms in total. The third-order valence-electron chi connectivity index (χ3n) is 2.28. The zero-order chi connectivity index (χ0) is 16.3. The van der Waals surface area contributed by atoms with Gasteiger partial charge in [0.2, 0.25) is 20.0 Å². The summed E-state index contributed by atoms with van der Waals surface area (Å²) in [6.45, 7) is -0.449. The summed E-state index contributed by atoms with van der Waals surface area (Å²) in [5.74, 6) is 0. The van der Waals surface area contributed by atoms with Gasteiger partial charge in [0.25, 0.3) is 0 Å². The molecule has 0 unspecified atom stereocenters. The number of hydrogen-bond acceptors (Lipinski definition) is 7. The Morgan fingerprint density at radius 2 is 1.76 bits per heavy atom. The molecule has 118 valence electrons. The summed E-state index contributed by atoms with van der Waals surface area (Å²) in [7, 11) is -7.63. The SMILES string of the molecule is CS(=O)(=O)NCCNS(=O)(=O)c1cccc(N)c1[N+](=O)[O-]. The van der Waals surface area contributed by atoms with Gasteiger partial charge in [-0.1, -0.05) is 6.07 Å². The van der Waals surface area contributed by atoms with Crippen LogP contribution in [0.3, 0.4) is 0 Å². The van der Waals surface area contributed by atoms with Crippen molar-refractivity contribution in [2.75, 3.05) is 25.1 Å². The average Bonchev–Trinajstić information content (AvgIpc) is 2.33. The third kappa shape index (κ3) is 4.93. The van der Waals surface area contributed by atoms with Crippen LogP contribution in [0.2, 0.25) is 0 Å². The Morgan fingerprint density at radius 3 is 2.29 bits per heavy atom. The van der Waals surface area contributed by atoms with Crippen molar-refractivity contribution in [2.45, 2.75) is 4.90 Å². The van der Waals surface area contributed by atoms with Gasteiger partial charge in [-0.3, -0.25) is 10.1 Å². The highest BCUT2D eigenvalue weighted by Crippen LogP contribution is 2.29. The lowest BCUT2D eigenvalue weighted by atomic mass is 10.3. The monoisotopic (exact) mass is 338 g/mol. The van der Waals surface area contributed by atoms with Crippen molar-refractivity contribution in [3.8, 4) is 0 Å². The van der Waals surface area contributed by atoms with Crippen molar-refractivity contribution in [1.82, 2.24) is 9.44 Å². The highest BCUT2D eigenvalue weighted by Gasteiger charge is 2.27. The van der Waals surface area contributed by atoms with E-state index in [-0.39, 0.29) is 18.8 Å². The van der Waals surface area contributed by atoms with Gasteiger partial charge >= 0.3 is 5.69 Å². The predicted molar refractivity (Wildman–Crippen MR) is 75.5 cm³/mol. The van der Waals surface area contributed by atoms with E-state index in [4.69, 9.17) is 5.73 Å². The van der Waals surface area contributed by atoms with Gasteiger partial charge in [-0.05, 0) is 12.1 Å². The predicted octanol–water partition coefficient (Wildman–Crippen LogP) is -0.995. The molecule has 1 rings (SSSR count). The molecule has 21 heavy (non-hydrogen) atoms. The number of rotatable bonds is 7. The Bertz CT molecular complexity index is 744. The lowest BCUT2D eigenvalue weighted by Gasteiger charge is -2.08. The van der Waals surface area contributed by atoms with Crippen molar-refractivity contribution in [1.29, 1.82) is 0 Å². The van der Waals surface area contributed by atoms with E-state index in [1.54, 1.807) is 0 Å². The average molecular weight is 338 g/mol. The minimum atomic E-state index is -4.18. The molecule has 1 aromatic carbocycles. The molecule has 0 aliphatic heterocycles. The topological polar surface area (TPSA) is 162 Å². The van der Waals surface area contributed by atoms with Gasteiger partial charge in [-0.25, -0.2) is 26.3 Å². The van der Waals surface area contributed by atoms with E-state index >= 15 is 0 Å². The zero-order valence-corrected chi connectivity index (χ0v) is 12.6. The summed E-state index contributed by atoms with van der Waals surface area (Å²) in [6.07, 6.45) is 0.921. The molecule has 0 aliphatic carbocycles. The van der Waals surface area contributed by atoms with E-state index in [1.807, 2.05) is 0 Å². The summed E-state index contributed by atoms with van der Waals surface area (Å²) < 4.78 is 49.7. The van der Waals surface area contributed by atoms with E-state index in [1.165, 1.54) is 12.1 Å². The van der Waals surface area contributed by atoms with Crippen LogP contribution in [0.4, 0.5) is 11.4 Å². The lowest BCUT2D eigenvalue weighted by Crippen LogP contribution is -2.34. The van der Waals surface area contributed by atoms with Gasteiger partial charge in [-0.15, -0.1) is 0 Å². The van der Waals surface area contributed by atoms with Crippen LogP contribution in [-0.4, -0.2) is 41.1 Å². The Morgan fingerprint density at radius 1 is 1.19 bits per heavy atom. The molecule has 0 fully saturated rings. The summed E-state index contributed by atoms with van der Waals surface area (Å²) >= 11 is 0. The number of anilines is 1. The van der Waals surface area contributed by atoms with Crippen LogP contribution in [0.15, 0.2) is 23.1 Å². The van der Waals surface area contributed by atoms with Crippen molar-refractivity contribution in [2.24, 2.45) is 0 Å². The van der Waals surface area contributed by atoms with Gasteiger partial charge in [0, 0.05) is 13.1 Å². The molecule has 0 bridgehead atoms. The summed E-state index contributed by atoms with van der Waals surface area (Å²) in [4.78, 5) is 9.43. The number of nitro groups is 1.